The van der Waals surface area contributed by atoms with Gasteiger partial charge in [0.05, 0.1) is 0 Å². The van der Waals surface area contributed by atoms with Crippen LogP contribution in [0.5, 0.6) is 0 Å². The van der Waals surface area contributed by atoms with Crippen LogP contribution in [-0.2, 0) is 12.6 Å². The van der Waals surface area contributed by atoms with Gasteiger partial charge in [0.25, 0.3) is 0 Å². The zero-order valence-electron chi connectivity index (χ0n) is 10.6. The van der Waals surface area contributed by atoms with E-state index in [1.54, 1.807) is 0 Å². The molecule has 2 aromatic carbocycles. The molecule has 2 aromatic rings. The van der Waals surface area contributed by atoms with Gasteiger partial charge in [-0.25, -0.2) is 0 Å². The summed E-state index contributed by atoms with van der Waals surface area (Å²) in [5.41, 5.74) is 0. The van der Waals surface area contributed by atoms with Crippen LogP contribution in [0.2, 0.25) is 0 Å². The molecule has 0 aliphatic carbocycles. The number of hydrogen-bond donors (Lipinski definition) is 1. The Morgan fingerprint density at radius 2 is 1.35 bits per heavy atom. The molecule has 0 spiro atoms. The first-order chi connectivity index (χ1) is 9.62. The fraction of sp³-hybridized carbons (Fsp3) is 0.143. The summed E-state index contributed by atoms with van der Waals surface area (Å²) >= 11 is -2.51. The van der Waals surface area contributed by atoms with Crippen molar-refractivity contribution in [1.29, 1.82) is 0 Å². The van der Waals surface area contributed by atoms with Crippen molar-refractivity contribution in [1.82, 2.24) is 0 Å². The SMILES string of the molecule is O=S(=O)(CCO)OI(c1ccccc1)c1ccccc1. The molecule has 0 aliphatic rings. The molecule has 4 nitrogen and oxygen atoms in total. The van der Waals surface area contributed by atoms with E-state index in [1.165, 1.54) is 0 Å². The molecule has 20 heavy (non-hydrogen) atoms. The van der Waals surface area contributed by atoms with Crippen molar-refractivity contribution in [3.05, 3.63) is 67.8 Å². The van der Waals surface area contributed by atoms with E-state index < -0.39 is 37.0 Å². The topological polar surface area (TPSA) is 63.6 Å². The predicted molar refractivity (Wildman–Crippen MR) is 86.3 cm³/mol. The van der Waals surface area contributed by atoms with E-state index in [0.717, 1.165) is 7.14 Å². The molecule has 2 rings (SSSR count). The summed E-state index contributed by atoms with van der Waals surface area (Å²) in [5, 5.41) is 8.81. The molecule has 0 aliphatic heterocycles. The summed E-state index contributed by atoms with van der Waals surface area (Å²) in [6.45, 7) is -0.435. The van der Waals surface area contributed by atoms with Crippen molar-refractivity contribution in [3.63, 3.8) is 0 Å². The van der Waals surface area contributed by atoms with Crippen LogP contribution in [-0.4, -0.2) is 25.9 Å². The van der Waals surface area contributed by atoms with E-state index >= 15 is 0 Å². The molecule has 0 amide bonds. The standard InChI is InChI=1S/C14H15IO4S/c16-11-12-20(17,18)19-15(13-7-3-1-4-8-13)14-9-5-2-6-10-14/h1-10,16H,11-12H2. The quantitative estimate of drug-likeness (QED) is 0.749. The van der Waals surface area contributed by atoms with Crippen LogP contribution in [0, 0.1) is 7.14 Å². The molecular formula is C14H15IO4S. The van der Waals surface area contributed by atoms with E-state index in [0.29, 0.717) is 0 Å². The Balaban J connectivity index is 2.36. The minimum absolute atomic E-state index is 0.374. The molecule has 0 radical (unpaired) electrons. The van der Waals surface area contributed by atoms with Gasteiger partial charge >= 0.3 is 127 Å². The van der Waals surface area contributed by atoms with Crippen molar-refractivity contribution in [3.8, 4) is 0 Å². The molecule has 0 saturated heterocycles. The van der Waals surface area contributed by atoms with Gasteiger partial charge in [0.1, 0.15) is 0 Å². The van der Waals surface area contributed by atoms with Crippen molar-refractivity contribution in [2.75, 3.05) is 12.4 Å². The molecule has 0 atom stereocenters. The molecule has 0 unspecified atom stereocenters. The zero-order chi connectivity index (χ0) is 14.4. The van der Waals surface area contributed by atoms with Gasteiger partial charge < -0.3 is 0 Å². The Kier molecular flexibility index (Phi) is 5.53. The van der Waals surface area contributed by atoms with E-state index in [2.05, 4.69) is 0 Å². The van der Waals surface area contributed by atoms with Crippen molar-refractivity contribution in [2.45, 2.75) is 0 Å². The first-order valence-corrected chi connectivity index (χ1v) is 10.6. The molecular weight excluding hydrogens is 391 g/mol. The number of aliphatic hydroxyl groups is 1. The molecule has 0 bridgehead atoms. The normalized spacial score (nSPS) is 12.2. The average molecular weight is 406 g/mol. The summed E-state index contributed by atoms with van der Waals surface area (Å²) in [5.74, 6) is -0.374. The fourth-order valence-corrected chi connectivity index (χ4v) is 8.40. The van der Waals surface area contributed by atoms with E-state index in [4.69, 9.17) is 7.62 Å². The fourth-order valence-electron chi connectivity index (χ4n) is 1.50. The molecule has 0 fully saturated rings. The third kappa shape index (κ3) is 4.27. The Morgan fingerprint density at radius 3 is 1.75 bits per heavy atom. The molecule has 0 aromatic heterocycles. The van der Waals surface area contributed by atoms with Crippen LogP contribution >= 0.6 is 20.2 Å². The van der Waals surface area contributed by atoms with E-state index in [-0.39, 0.29) is 5.75 Å². The van der Waals surface area contributed by atoms with Crippen LogP contribution in [0.3, 0.4) is 0 Å². The summed E-state index contributed by atoms with van der Waals surface area (Å²) in [6.07, 6.45) is 0. The third-order valence-electron chi connectivity index (χ3n) is 2.36. The maximum atomic E-state index is 11.8. The van der Waals surface area contributed by atoms with Gasteiger partial charge in [0.15, 0.2) is 0 Å². The van der Waals surface area contributed by atoms with Crippen molar-refractivity contribution in [2.24, 2.45) is 0 Å². The number of hydrogen-bond acceptors (Lipinski definition) is 4. The second kappa shape index (κ2) is 7.16. The monoisotopic (exact) mass is 406 g/mol. The first kappa shape index (κ1) is 15.4. The van der Waals surface area contributed by atoms with E-state index in [1.807, 2.05) is 60.7 Å². The van der Waals surface area contributed by atoms with Crippen LogP contribution in [0.4, 0.5) is 0 Å². The Bertz CT molecular complexity index is 589. The van der Waals surface area contributed by atoms with Crippen LogP contribution in [0.15, 0.2) is 60.7 Å². The average Bonchev–Trinajstić information content (AvgIpc) is 2.47. The molecule has 0 heterocycles. The summed E-state index contributed by atoms with van der Waals surface area (Å²) in [6, 6.07) is 18.7. The summed E-state index contributed by atoms with van der Waals surface area (Å²) < 4.78 is 30.9. The van der Waals surface area contributed by atoms with Gasteiger partial charge in [-0.1, -0.05) is 0 Å². The Hall–Kier alpha value is -0.960. The number of benzene rings is 2. The third-order valence-corrected chi connectivity index (χ3v) is 9.79. The maximum absolute atomic E-state index is 11.8. The second-order valence-electron chi connectivity index (χ2n) is 3.89. The van der Waals surface area contributed by atoms with Gasteiger partial charge in [-0.3, -0.25) is 0 Å². The zero-order valence-corrected chi connectivity index (χ0v) is 13.6. The first-order valence-electron chi connectivity index (χ1n) is 5.96. The molecule has 1 N–H and O–H groups in total. The number of rotatable bonds is 6. The summed E-state index contributed by atoms with van der Waals surface area (Å²) in [4.78, 5) is 0. The van der Waals surface area contributed by atoms with Gasteiger partial charge in [0, 0.05) is 0 Å². The van der Waals surface area contributed by atoms with Gasteiger partial charge in [-0.05, 0) is 0 Å². The van der Waals surface area contributed by atoms with Gasteiger partial charge in [-0.2, -0.15) is 0 Å². The van der Waals surface area contributed by atoms with Crippen LogP contribution < -0.4 is 0 Å². The summed E-state index contributed by atoms with van der Waals surface area (Å²) in [7, 11) is -3.71. The molecule has 6 heteroatoms. The van der Waals surface area contributed by atoms with Gasteiger partial charge in [0.2, 0.25) is 0 Å². The van der Waals surface area contributed by atoms with Crippen LogP contribution in [0.1, 0.15) is 0 Å². The predicted octanol–water partition coefficient (Wildman–Crippen LogP) is 2.49. The van der Waals surface area contributed by atoms with Crippen molar-refractivity contribution < 1.29 is 16.0 Å². The number of halogens is 1. The minimum atomic E-state index is -3.71. The Morgan fingerprint density at radius 1 is 0.900 bits per heavy atom. The van der Waals surface area contributed by atoms with E-state index in [9.17, 15) is 8.42 Å². The second-order valence-corrected chi connectivity index (χ2v) is 10.5. The van der Waals surface area contributed by atoms with Crippen molar-refractivity contribution >= 4 is 30.4 Å². The number of aliphatic hydroxyl groups excluding tert-OH is 1. The molecule has 0 saturated carbocycles. The van der Waals surface area contributed by atoms with Crippen LogP contribution in [0.25, 0.3) is 0 Å². The Labute approximate surface area is 126 Å². The molecule has 108 valence electrons. The van der Waals surface area contributed by atoms with Gasteiger partial charge in [-0.15, -0.1) is 0 Å².